The van der Waals surface area contributed by atoms with Gasteiger partial charge in [0, 0.05) is 5.56 Å². The fourth-order valence-electron chi connectivity index (χ4n) is 4.25. The fourth-order valence-corrected chi connectivity index (χ4v) is 5.52. The number of hydrogen-bond acceptors (Lipinski definition) is 6. The van der Waals surface area contributed by atoms with Crippen LogP contribution in [0.25, 0.3) is 6.08 Å². The first kappa shape index (κ1) is 29.2. The van der Waals surface area contributed by atoms with Crippen molar-refractivity contribution in [3.63, 3.8) is 0 Å². The first-order chi connectivity index (χ1) is 20.4. The number of ether oxygens (including phenoxy) is 3. The Balaban J connectivity index is 1.45. The Morgan fingerprint density at radius 1 is 0.976 bits per heavy atom. The summed E-state index contributed by atoms with van der Waals surface area (Å²) >= 11 is 7.92. The molecular formula is C33H28ClFN2O4S. The lowest BCUT2D eigenvalue weighted by molar-refractivity contribution is -0.122. The van der Waals surface area contributed by atoms with E-state index in [0.29, 0.717) is 45.9 Å². The lowest BCUT2D eigenvalue weighted by Gasteiger charge is -2.16. The molecule has 1 aliphatic heterocycles. The van der Waals surface area contributed by atoms with Crippen LogP contribution in [0.2, 0.25) is 5.02 Å². The lowest BCUT2D eigenvalue weighted by Crippen LogP contribution is -2.28. The first-order valence-corrected chi connectivity index (χ1v) is 14.4. The number of carbonyl (C=O) groups is 1. The van der Waals surface area contributed by atoms with Gasteiger partial charge in [0.1, 0.15) is 18.2 Å². The Morgan fingerprint density at radius 2 is 1.71 bits per heavy atom. The van der Waals surface area contributed by atoms with Crippen LogP contribution in [0.15, 0.2) is 101 Å². The molecule has 0 aromatic heterocycles. The van der Waals surface area contributed by atoms with Gasteiger partial charge in [0.2, 0.25) is 0 Å². The van der Waals surface area contributed by atoms with Crippen LogP contribution in [0.4, 0.5) is 10.1 Å². The summed E-state index contributed by atoms with van der Waals surface area (Å²) in [5.74, 6) is 0.901. The van der Waals surface area contributed by atoms with E-state index in [4.69, 9.17) is 30.8 Å². The molecule has 4 aromatic rings. The predicted octanol–water partition coefficient (Wildman–Crippen LogP) is 8.27. The van der Waals surface area contributed by atoms with Crippen LogP contribution < -0.4 is 14.2 Å². The van der Waals surface area contributed by atoms with E-state index in [1.807, 2.05) is 61.5 Å². The van der Waals surface area contributed by atoms with Crippen LogP contribution in [0.5, 0.6) is 17.2 Å². The van der Waals surface area contributed by atoms with Gasteiger partial charge in [-0.3, -0.25) is 9.69 Å². The molecule has 42 heavy (non-hydrogen) atoms. The number of aliphatic imine (C=N–C) groups is 1. The average Bonchev–Trinajstić information content (AvgIpc) is 3.27. The van der Waals surface area contributed by atoms with E-state index in [-0.39, 0.29) is 23.4 Å². The molecular weight excluding hydrogens is 575 g/mol. The molecule has 0 spiro atoms. The highest BCUT2D eigenvalue weighted by atomic mass is 35.5. The van der Waals surface area contributed by atoms with Crippen molar-refractivity contribution in [2.75, 3.05) is 13.7 Å². The Labute approximate surface area is 253 Å². The number of rotatable bonds is 10. The van der Waals surface area contributed by atoms with Gasteiger partial charge in [0.05, 0.1) is 35.9 Å². The lowest BCUT2D eigenvalue weighted by atomic mass is 10.1. The summed E-state index contributed by atoms with van der Waals surface area (Å²) in [4.78, 5) is 20.6. The van der Waals surface area contributed by atoms with Gasteiger partial charge in [-0.25, -0.2) is 9.38 Å². The zero-order valence-electron chi connectivity index (χ0n) is 23.1. The highest BCUT2D eigenvalue weighted by Gasteiger charge is 2.33. The van der Waals surface area contributed by atoms with Crippen LogP contribution >= 0.6 is 23.4 Å². The van der Waals surface area contributed by atoms with Crippen molar-refractivity contribution in [2.45, 2.75) is 20.1 Å². The van der Waals surface area contributed by atoms with E-state index in [0.717, 1.165) is 17.0 Å². The van der Waals surface area contributed by atoms with Crippen molar-refractivity contribution < 1.29 is 23.4 Å². The van der Waals surface area contributed by atoms with E-state index >= 15 is 0 Å². The molecule has 0 aliphatic carbocycles. The van der Waals surface area contributed by atoms with Crippen LogP contribution in [-0.4, -0.2) is 29.7 Å². The first-order valence-electron chi connectivity index (χ1n) is 13.3. The molecule has 0 saturated carbocycles. The van der Waals surface area contributed by atoms with Gasteiger partial charge in [0.25, 0.3) is 5.91 Å². The number of carbonyl (C=O) groups excluding carboxylic acids is 1. The van der Waals surface area contributed by atoms with Crippen LogP contribution in [-0.2, 0) is 17.9 Å². The van der Waals surface area contributed by atoms with Crippen molar-refractivity contribution in [2.24, 2.45) is 4.99 Å². The van der Waals surface area contributed by atoms with Gasteiger partial charge >= 0.3 is 0 Å². The second-order valence-corrected chi connectivity index (χ2v) is 10.6. The van der Waals surface area contributed by atoms with E-state index in [1.54, 1.807) is 48.4 Å². The fraction of sp³-hybridized carbons (Fsp3) is 0.152. The molecule has 1 fully saturated rings. The van der Waals surface area contributed by atoms with Crippen LogP contribution in [0.1, 0.15) is 23.6 Å². The molecule has 0 bridgehead atoms. The highest BCUT2D eigenvalue weighted by molar-refractivity contribution is 8.18. The third-order valence-corrected chi connectivity index (χ3v) is 7.62. The minimum absolute atomic E-state index is 0.0130. The van der Waals surface area contributed by atoms with Gasteiger partial charge in [-0.05, 0) is 78.4 Å². The van der Waals surface area contributed by atoms with E-state index in [9.17, 15) is 9.18 Å². The second kappa shape index (κ2) is 13.6. The zero-order chi connectivity index (χ0) is 29.5. The Morgan fingerprint density at radius 3 is 2.43 bits per heavy atom. The van der Waals surface area contributed by atoms with E-state index in [1.165, 1.54) is 17.8 Å². The minimum Gasteiger partial charge on any atom is -0.497 e. The topological polar surface area (TPSA) is 60.4 Å². The Hall–Kier alpha value is -4.27. The molecule has 9 heteroatoms. The number of benzene rings is 4. The highest BCUT2D eigenvalue weighted by Crippen LogP contribution is 2.40. The molecule has 0 atom stereocenters. The number of halogens is 2. The maximum Gasteiger partial charge on any atom is 0.267 e. The molecule has 0 N–H and O–H groups in total. The van der Waals surface area contributed by atoms with E-state index < -0.39 is 0 Å². The SMILES string of the molecule is CCOc1cc(/C=C2\SC(=Nc3ccccc3)N(Cc3ccc(OC)cc3)C2=O)cc(Cl)c1OCc1ccccc1F. The summed E-state index contributed by atoms with van der Waals surface area (Å²) < 4.78 is 31.1. The standard InChI is InChI=1S/C33H28ClFN2O4S/c1-3-40-29-18-23(17-27(34)31(29)41-21-24-9-7-8-12-28(24)35)19-30-32(38)37(20-22-13-15-26(39-2)16-14-22)33(42-30)36-25-10-5-4-6-11-25/h4-19H,3,20-21H2,1-2H3/b30-19-,36-33?. The molecule has 1 heterocycles. The number of nitrogens with zero attached hydrogens (tertiary/aromatic N) is 2. The number of hydrogen-bond donors (Lipinski definition) is 0. The summed E-state index contributed by atoms with van der Waals surface area (Å²) in [6.45, 7) is 2.54. The quantitative estimate of drug-likeness (QED) is 0.171. The largest absolute Gasteiger partial charge is 0.497 e. The average molecular weight is 603 g/mol. The maximum absolute atomic E-state index is 14.1. The van der Waals surface area contributed by atoms with Gasteiger partial charge in [0.15, 0.2) is 16.7 Å². The molecule has 6 nitrogen and oxygen atoms in total. The van der Waals surface area contributed by atoms with Crippen molar-refractivity contribution in [1.82, 2.24) is 4.90 Å². The van der Waals surface area contributed by atoms with E-state index in [2.05, 4.69) is 0 Å². The number of para-hydroxylation sites is 1. The molecule has 1 saturated heterocycles. The smallest absolute Gasteiger partial charge is 0.267 e. The second-order valence-electron chi connectivity index (χ2n) is 9.22. The summed E-state index contributed by atoms with van der Waals surface area (Å²) in [7, 11) is 1.61. The molecule has 1 aliphatic rings. The molecule has 1 amide bonds. The van der Waals surface area contributed by atoms with Gasteiger partial charge in [-0.2, -0.15) is 0 Å². The van der Waals surface area contributed by atoms with Crippen molar-refractivity contribution in [1.29, 1.82) is 0 Å². The maximum atomic E-state index is 14.1. The van der Waals surface area contributed by atoms with Gasteiger partial charge in [-0.15, -0.1) is 0 Å². The number of methoxy groups -OCH3 is 1. The summed E-state index contributed by atoms with van der Waals surface area (Å²) in [6, 6.07) is 26.9. The predicted molar refractivity (Wildman–Crippen MR) is 166 cm³/mol. The molecule has 0 radical (unpaired) electrons. The minimum atomic E-state index is -0.364. The zero-order valence-corrected chi connectivity index (χ0v) is 24.6. The number of amides is 1. The molecule has 214 valence electrons. The third-order valence-electron chi connectivity index (χ3n) is 6.33. The number of amidine groups is 1. The third kappa shape index (κ3) is 6.95. The normalized spacial score (nSPS) is 15.0. The van der Waals surface area contributed by atoms with Gasteiger partial charge in [-0.1, -0.05) is 60.1 Å². The molecule has 4 aromatic carbocycles. The van der Waals surface area contributed by atoms with Crippen LogP contribution in [0, 0.1) is 5.82 Å². The van der Waals surface area contributed by atoms with Gasteiger partial charge < -0.3 is 14.2 Å². The number of thioether (sulfide) groups is 1. The van der Waals surface area contributed by atoms with Crippen LogP contribution in [0.3, 0.4) is 0 Å². The summed E-state index contributed by atoms with van der Waals surface area (Å²) in [5, 5.41) is 0.849. The van der Waals surface area contributed by atoms with Crippen molar-refractivity contribution in [3.05, 3.63) is 123 Å². The summed E-state index contributed by atoms with van der Waals surface area (Å²) in [6.07, 6.45) is 1.76. The Kier molecular flexibility index (Phi) is 9.46. The molecule has 5 rings (SSSR count). The molecule has 0 unspecified atom stereocenters. The monoisotopic (exact) mass is 602 g/mol. The summed E-state index contributed by atoms with van der Waals surface area (Å²) in [5.41, 5.74) is 2.73. The van der Waals surface area contributed by atoms with Crippen molar-refractivity contribution in [3.8, 4) is 17.2 Å². The van der Waals surface area contributed by atoms with Crippen molar-refractivity contribution >= 4 is 46.2 Å². The Bertz CT molecular complexity index is 1630.